The molecule has 1 fully saturated rings. The Balaban J connectivity index is 0.000000520. The van der Waals surface area contributed by atoms with Crippen LogP contribution in [0.15, 0.2) is 53.8 Å². The second-order valence-corrected chi connectivity index (χ2v) is 8.81. The Kier molecular flexibility index (Phi) is 9.40. The number of hydrogen-bond acceptors (Lipinski definition) is 3. The minimum Gasteiger partial charge on any atom is -0.507 e. The first-order chi connectivity index (χ1) is 15.0. The van der Waals surface area contributed by atoms with Crippen LogP contribution in [-0.2, 0) is 10.9 Å². The first kappa shape index (κ1) is 26.0. The molecule has 0 aliphatic carbocycles. The molecule has 0 saturated carbocycles. The topological polar surface area (TPSA) is 55.5 Å². The molecule has 178 valence electrons. The van der Waals surface area contributed by atoms with Crippen molar-refractivity contribution in [2.45, 2.75) is 51.7 Å². The molecule has 1 aromatic rings. The maximum atomic E-state index is 12.9. The van der Waals surface area contributed by atoms with Crippen molar-refractivity contribution in [1.29, 1.82) is 0 Å². The number of quaternary nitrogens is 1. The summed E-state index contributed by atoms with van der Waals surface area (Å²) in [6, 6.07) is 2.97. The molecule has 32 heavy (non-hydrogen) atoms. The van der Waals surface area contributed by atoms with Gasteiger partial charge in [0.2, 0.25) is 0 Å². The first-order valence-corrected chi connectivity index (χ1v) is 11.1. The number of benzene rings is 1. The molecule has 4 nitrogen and oxygen atoms in total. The number of phenolic OH excluding ortho intramolecular Hbond substituents is 1. The van der Waals surface area contributed by atoms with Crippen molar-refractivity contribution in [3.8, 4) is 5.75 Å². The fourth-order valence-electron chi connectivity index (χ4n) is 4.17. The largest absolute Gasteiger partial charge is 0.507 e. The van der Waals surface area contributed by atoms with Crippen LogP contribution in [0.5, 0.6) is 5.75 Å². The van der Waals surface area contributed by atoms with Crippen LogP contribution >= 0.6 is 0 Å². The van der Waals surface area contributed by atoms with Crippen molar-refractivity contribution in [2.24, 2.45) is 5.73 Å². The predicted octanol–water partition coefficient (Wildman–Crippen LogP) is 5.85. The Bertz CT molecular complexity index is 827. The standard InChI is InChI=1S/C20H25F3N2O.C5H10O/c1-14-7-5-4-6-11-25(3,12-10-15(2)24)19(14)17-9-8-16(13-18(17)26)20(21,22)23;1-2-4-6-5-3-1/h4-5,7-10,13,19H,6,11-12,24H2,1-3H3;1-5H2/p+1/b5-4-,14-7+,15-10+;. The summed E-state index contributed by atoms with van der Waals surface area (Å²) in [6.45, 7) is 7.14. The van der Waals surface area contributed by atoms with Gasteiger partial charge in [-0.1, -0.05) is 18.2 Å². The Morgan fingerprint density at radius 2 is 1.94 bits per heavy atom. The van der Waals surface area contributed by atoms with Gasteiger partial charge in [-0.05, 0) is 63.0 Å². The third-order valence-corrected chi connectivity index (χ3v) is 5.92. The molecule has 2 atom stereocenters. The number of alkyl halides is 3. The second-order valence-electron chi connectivity index (χ2n) is 8.81. The zero-order valence-corrected chi connectivity index (χ0v) is 19.3. The molecule has 7 heteroatoms. The fraction of sp³-hybridized carbons (Fsp3) is 0.520. The van der Waals surface area contributed by atoms with E-state index in [4.69, 9.17) is 10.5 Å². The third-order valence-electron chi connectivity index (χ3n) is 5.92. The van der Waals surface area contributed by atoms with Crippen molar-refractivity contribution in [3.05, 3.63) is 64.9 Å². The molecule has 0 bridgehead atoms. The van der Waals surface area contributed by atoms with E-state index in [2.05, 4.69) is 6.08 Å². The van der Waals surface area contributed by atoms with E-state index in [0.29, 0.717) is 22.3 Å². The van der Waals surface area contributed by atoms with Gasteiger partial charge in [0.05, 0.1) is 31.3 Å². The predicted molar refractivity (Wildman–Crippen MR) is 122 cm³/mol. The highest BCUT2D eigenvalue weighted by atomic mass is 19.4. The highest BCUT2D eigenvalue weighted by molar-refractivity contribution is 5.42. The minimum absolute atomic E-state index is 0.266. The lowest BCUT2D eigenvalue weighted by Gasteiger charge is -2.42. The van der Waals surface area contributed by atoms with Crippen LogP contribution in [0.3, 0.4) is 0 Å². The summed E-state index contributed by atoms with van der Waals surface area (Å²) in [4.78, 5) is 0. The quantitative estimate of drug-likeness (QED) is 0.564. The zero-order valence-electron chi connectivity index (χ0n) is 19.3. The number of hydrogen-bond donors (Lipinski definition) is 2. The smallest absolute Gasteiger partial charge is 0.416 e. The molecule has 1 aromatic carbocycles. The molecule has 3 rings (SSSR count). The summed E-state index contributed by atoms with van der Waals surface area (Å²) >= 11 is 0. The number of nitrogens with zero attached hydrogens (tertiary/aromatic N) is 1. The summed E-state index contributed by atoms with van der Waals surface area (Å²) in [7, 11) is 2.04. The van der Waals surface area contributed by atoms with E-state index in [1.807, 2.05) is 39.1 Å². The van der Waals surface area contributed by atoms with Crippen molar-refractivity contribution in [3.63, 3.8) is 0 Å². The Hall–Kier alpha value is -2.25. The van der Waals surface area contributed by atoms with Gasteiger partial charge < -0.3 is 20.1 Å². The number of ether oxygens (including phenoxy) is 1. The molecule has 0 spiro atoms. The minimum atomic E-state index is -4.48. The van der Waals surface area contributed by atoms with Crippen molar-refractivity contribution in [2.75, 3.05) is 33.4 Å². The summed E-state index contributed by atoms with van der Waals surface area (Å²) < 4.78 is 44.4. The van der Waals surface area contributed by atoms with Gasteiger partial charge in [-0.2, -0.15) is 13.2 Å². The molecule has 2 aliphatic heterocycles. The van der Waals surface area contributed by atoms with Gasteiger partial charge in [-0.3, -0.25) is 0 Å². The highest BCUT2D eigenvalue weighted by Crippen LogP contribution is 2.41. The molecule has 3 N–H and O–H groups in total. The Labute approximate surface area is 189 Å². The van der Waals surface area contributed by atoms with Crippen LogP contribution in [0.1, 0.15) is 56.7 Å². The normalized spacial score (nSPS) is 27.2. The average Bonchev–Trinajstić information content (AvgIpc) is 2.73. The first-order valence-electron chi connectivity index (χ1n) is 11.1. The zero-order chi connectivity index (χ0) is 23.8. The average molecular weight is 454 g/mol. The summed E-state index contributed by atoms with van der Waals surface area (Å²) in [5, 5.41) is 10.4. The molecule has 0 radical (unpaired) electrons. The molecule has 2 aliphatic rings. The van der Waals surface area contributed by atoms with E-state index in [0.717, 1.165) is 43.9 Å². The second kappa shape index (κ2) is 11.6. The van der Waals surface area contributed by atoms with Crippen LogP contribution in [0.2, 0.25) is 0 Å². The van der Waals surface area contributed by atoms with Crippen molar-refractivity contribution < 1.29 is 27.5 Å². The van der Waals surface area contributed by atoms with Gasteiger partial charge in [0.15, 0.2) is 0 Å². The van der Waals surface area contributed by atoms with Gasteiger partial charge in [0, 0.05) is 25.3 Å². The Morgan fingerprint density at radius 1 is 1.25 bits per heavy atom. The lowest BCUT2D eigenvalue weighted by atomic mass is 9.92. The van der Waals surface area contributed by atoms with E-state index < -0.39 is 11.7 Å². The van der Waals surface area contributed by atoms with Gasteiger partial charge in [0.25, 0.3) is 0 Å². The molecule has 2 unspecified atom stereocenters. The summed E-state index contributed by atoms with van der Waals surface area (Å²) in [5.74, 6) is -0.333. The van der Waals surface area contributed by atoms with Crippen molar-refractivity contribution in [1.82, 2.24) is 0 Å². The number of rotatable bonds is 3. The monoisotopic (exact) mass is 453 g/mol. The van der Waals surface area contributed by atoms with Gasteiger partial charge in [0.1, 0.15) is 11.8 Å². The number of phenols is 1. The van der Waals surface area contributed by atoms with E-state index in [1.54, 1.807) is 0 Å². The van der Waals surface area contributed by atoms with Crippen LogP contribution in [-0.4, -0.2) is 42.9 Å². The maximum Gasteiger partial charge on any atom is 0.416 e. The molecular formula is C25H36F3N2O2+. The number of aromatic hydroxyl groups is 1. The van der Waals surface area contributed by atoms with E-state index in [9.17, 15) is 18.3 Å². The van der Waals surface area contributed by atoms with E-state index in [1.165, 1.54) is 25.3 Å². The molecule has 1 saturated heterocycles. The number of allylic oxidation sites excluding steroid dienone is 3. The molecule has 0 amide bonds. The third kappa shape index (κ3) is 7.41. The SMILES string of the molecule is C/C(N)=C\C[N+]1(C)CC/C=C\C=C(/C)C1c1ccc(C(F)(F)F)cc1O.C1CCOCC1. The number of likely N-dealkylation sites (N-methyl/N-ethyl adjacent to an activating group) is 1. The van der Waals surface area contributed by atoms with Crippen LogP contribution in [0.4, 0.5) is 13.2 Å². The lowest BCUT2D eigenvalue weighted by Crippen LogP contribution is -2.48. The van der Waals surface area contributed by atoms with E-state index in [-0.39, 0.29) is 11.8 Å². The lowest BCUT2D eigenvalue weighted by molar-refractivity contribution is -0.928. The van der Waals surface area contributed by atoms with Gasteiger partial charge in [-0.25, -0.2) is 0 Å². The fourth-order valence-corrected chi connectivity index (χ4v) is 4.17. The molecular weight excluding hydrogens is 417 g/mol. The van der Waals surface area contributed by atoms with Crippen LogP contribution < -0.4 is 5.73 Å². The van der Waals surface area contributed by atoms with Gasteiger partial charge in [-0.15, -0.1) is 0 Å². The maximum absolute atomic E-state index is 12.9. The van der Waals surface area contributed by atoms with E-state index >= 15 is 0 Å². The van der Waals surface area contributed by atoms with Gasteiger partial charge >= 0.3 is 6.18 Å². The summed E-state index contributed by atoms with van der Waals surface area (Å²) in [5.41, 5.74) is 7.11. The van der Waals surface area contributed by atoms with Crippen LogP contribution in [0, 0.1) is 0 Å². The number of halogens is 3. The number of nitrogens with two attached hydrogens (primary N) is 1. The summed E-state index contributed by atoms with van der Waals surface area (Å²) in [6.07, 6.45) is 8.18. The van der Waals surface area contributed by atoms with Crippen LogP contribution in [0.25, 0.3) is 0 Å². The highest BCUT2D eigenvalue weighted by Gasteiger charge is 2.38. The molecule has 0 aromatic heterocycles. The van der Waals surface area contributed by atoms with Crippen molar-refractivity contribution >= 4 is 0 Å². The molecule has 2 heterocycles. The Morgan fingerprint density at radius 3 is 2.44 bits per heavy atom.